The first kappa shape index (κ1) is 12.2. The van der Waals surface area contributed by atoms with Crippen molar-refractivity contribution in [1.82, 2.24) is 9.38 Å². The third-order valence-electron chi connectivity index (χ3n) is 2.92. The molecule has 3 aromatic rings. The summed E-state index contributed by atoms with van der Waals surface area (Å²) in [5, 5.41) is 7.13. The molecule has 0 saturated carbocycles. The Labute approximate surface area is 113 Å². The van der Waals surface area contributed by atoms with Gasteiger partial charge in [-0.05, 0) is 30.3 Å². The fourth-order valence-corrected chi connectivity index (χ4v) is 2.04. The number of rotatable bonds is 3. The SMILES string of the molecule is N=C/C=C(\N)c1c(-c2ccc(F)cc2)nc2occn12. The summed E-state index contributed by atoms with van der Waals surface area (Å²) in [5.41, 5.74) is 8.28. The van der Waals surface area contributed by atoms with Crippen LogP contribution in [0.2, 0.25) is 0 Å². The Morgan fingerprint density at radius 2 is 2.10 bits per heavy atom. The number of allylic oxidation sites excluding steroid dienone is 1. The van der Waals surface area contributed by atoms with Gasteiger partial charge in [-0.3, -0.25) is 4.40 Å². The lowest BCUT2D eigenvalue weighted by molar-refractivity contribution is 0.596. The first-order valence-corrected chi connectivity index (χ1v) is 5.89. The summed E-state index contributed by atoms with van der Waals surface area (Å²) in [5.74, 6) is 0.0712. The molecule has 100 valence electrons. The van der Waals surface area contributed by atoms with Gasteiger partial charge in [-0.2, -0.15) is 4.98 Å². The number of nitrogens with one attached hydrogen (secondary N) is 1. The van der Waals surface area contributed by atoms with Gasteiger partial charge in [-0.1, -0.05) is 0 Å². The van der Waals surface area contributed by atoms with Crippen molar-refractivity contribution in [3.8, 4) is 11.3 Å². The first-order chi connectivity index (χ1) is 9.70. The quantitative estimate of drug-likeness (QED) is 0.718. The van der Waals surface area contributed by atoms with Gasteiger partial charge in [0.1, 0.15) is 17.8 Å². The van der Waals surface area contributed by atoms with Crippen LogP contribution < -0.4 is 5.73 Å². The zero-order valence-electron chi connectivity index (χ0n) is 10.4. The molecule has 0 unspecified atom stereocenters. The van der Waals surface area contributed by atoms with Gasteiger partial charge in [0, 0.05) is 18.0 Å². The summed E-state index contributed by atoms with van der Waals surface area (Å²) in [6.45, 7) is 0. The van der Waals surface area contributed by atoms with E-state index in [4.69, 9.17) is 15.6 Å². The second-order valence-corrected chi connectivity index (χ2v) is 4.16. The average Bonchev–Trinajstić information content (AvgIpc) is 2.99. The number of nitrogens with two attached hydrogens (primary N) is 1. The van der Waals surface area contributed by atoms with Gasteiger partial charge < -0.3 is 15.6 Å². The van der Waals surface area contributed by atoms with Gasteiger partial charge in [0.2, 0.25) is 0 Å². The van der Waals surface area contributed by atoms with Crippen molar-refractivity contribution in [3.63, 3.8) is 0 Å². The minimum Gasteiger partial charge on any atom is -0.432 e. The Morgan fingerprint density at radius 1 is 1.35 bits per heavy atom. The molecule has 0 atom stereocenters. The molecule has 2 aromatic heterocycles. The van der Waals surface area contributed by atoms with Crippen LogP contribution in [0.1, 0.15) is 5.69 Å². The molecular formula is C14H11FN4O. The predicted molar refractivity (Wildman–Crippen MR) is 73.8 cm³/mol. The molecule has 2 heterocycles. The van der Waals surface area contributed by atoms with Gasteiger partial charge in [-0.15, -0.1) is 0 Å². The Kier molecular flexibility index (Phi) is 2.83. The maximum absolute atomic E-state index is 13.0. The number of nitrogens with zero attached hydrogens (tertiary/aromatic N) is 2. The topological polar surface area (TPSA) is 80.3 Å². The molecule has 6 heteroatoms. The average molecular weight is 270 g/mol. The monoisotopic (exact) mass is 270 g/mol. The number of fused-ring (bicyclic) bond motifs is 1. The predicted octanol–water partition coefficient (Wildman–Crippen LogP) is 2.68. The number of halogens is 1. The van der Waals surface area contributed by atoms with E-state index in [-0.39, 0.29) is 5.82 Å². The highest BCUT2D eigenvalue weighted by Crippen LogP contribution is 2.28. The highest BCUT2D eigenvalue weighted by molar-refractivity contribution is 5.86. The second-order valence-electron chi connectivity index (χ2n) is 4.16. The number of hydrogen-bond acceptors (Lipinski definition) is 4. The van der Waals surface area contributed by atoms with E-state index in [0.717, 1.165) is 11.8 Å². The van der Waals surface area contributed by atoms with Gasteiger partial charge in [0.15, 0.2) is 0 Å². The molecule has 3 N–H and O–H groups in total. The zero-order chi connectivity index (χ0) is 14.1. The molecule has 0 aliphatic carbocycles. The van der Waals surface area contributed by atoms with Crippen LogP contribution in [0.4, 0.5) is 4.39 Å². The van der Waals surface area contributed by atoms with Gasteiger partial charge in [0.05, 0.1) is 11.4 Å². The van der Waals surface area contributed by atoms with Crippen LogP contribution in [0.25, 0.3) is 22.8 Å². The van der Waals surface area contributed by atoms with Gasteiger partial charge in [0.25, 0.3) is 0 Å². The van der Waals surface area contributed by atoms with Crippen molar-refractivity contribution >= 4 is 17.8 Å². The summed E-state index contributed by atoms with van der Waals surface area (Å²) in [6.07, 6.45) is 5.75. The molecule has 0 radical (unpaired) electrons. The van der Waals surface area contributed by atoms with Crippen LogP contribution >= 0.6 is 0 Å². The number of imidazole rings is 1. The smallest absolute Gasteiger partial charge is 0.306 e. The van der Waals surface area contributed by atoms with Crippen molar-refractivity contribution in [1.29, 1.82) is 5.41 Å². The molecule has 20 heavy (non-hydrogen) atoms. The minimum absolute atomic E-state index is 0.318. The van der Waals surface area contributed by atoms with Crippen LogP contribution in [0, 0.1) is 11.2 Å². The van der Waals surface area contributed by atoms with Crippen LogP contribution in [-0.4, -0.2) is 15.6 Å². The van der Waals surface area contributed by atoms with E-state index in [9.17, 15) is 4.39 Å². The van der Waals surface area contributed by atoms with Gasteiger partial charge in [-0.25, -0.2) is 4.39 Å². The molecule has 0 fully saturated rings. The lowest BCUT2D eigenvalue weighted by Gasteiger charge is -2.03. The largest absolute Gasteiger partial charge is 0.432 e. The van der Waals surface area contributed by atoms with Crippen molar-refractivity contribution in [2.75, 3.05) is 0 Å². The van der Waals surface area contributed by atoms with Gasteiger partial charge >= 0.3 is 5.84 Å². The molecule has 0 aliphatic rings. The zero-order valence-corrected chi connectivity index (χ0v) is 10.4. The van der Waals surface area contributed by atoms with Crippen LogP contribution in [0.3, 0.4) is 0 Å². The van der Waals surface area contributed by atoms with Crippen LogP contribution in [0.15, 0.2) is 47.2 Å². The Bertz CT molecular complexity index is 798. The van der Waals surface area contributed by atoms with Crippen molar-refractivity contribution in [2.24, 2.45) is 5.73 Å². The highest BCUT2D eigenvalue weighted by Gasteiger charge is 2.17. The lowest BCUT2D eigenvalue weighted by Crippen LogP contribution is -2.01. The fraction of sp³-hybridized carbons (Fsp3) is 0. The minimum atomic E-state index is -0.318. The molecule has 0 saturated heterocycles. The second kappa shape index (κ2) is 4.65. The molecule has 1 aromatic carbocycles. The van der Waals surface area contributed by atoms with Crippen molar-refractivity contribution < 1.29 is 8.81 Å². The molecule has 3 rings (SSSR count). The summed E-state index contributed by atoms with van der Waals surface area (Å²) in [6, 6.07) is 5.96. The molecule has 0 amide bonds. The van der Waals surface area contributed by atoms with E-state index < -0.39 is 0 Å². The molecule has 5 nitrogen and oxygen atoms in total. The molecular weight excluding hydrogens is 259 g/mol. The van der Waals surface area contributed by atoms with Crippen molar-refractivity contribution in [3.05, 3.63) is 54.3 Å². The van der Waals surface area contributed by atoms with E-state index in [1.165, 1.54) is 24.5 Å². The third kappa shape index (κ3) is 1.87. The Balaban J connectivity index is 2.27. The summed E-state index contributed by atoms with van der Waals surface area (Å²) >= 11 is 0. The number of benzene rings is 1. The third-order valence-corrected chi connectivity index (χ3v) is 2.92. The Morgan fingerprint density at radius 3 is 2.80 bits per heavy atom. The normalized spacial score (nSPS) is 11.9. The maximum Gasteiger partial charge on any atom is 0.306 e. The summed E-state index contributed by atoms with van der Waals surface area (Å²) in [4.78, 5) is 4.35. The number of hydrogen-bond donors (Lipinski definition) is 2. The van der Waals surface area contributed by atoms with E-state index in [1.807, 2.05) is 0 Å². The molecule has 0 spiro atoms. The fourth-order valence-electron chi connectivity index (χ4n) is 2.04. The van der Waals surface area contributed by atoms with E-state index in [1.54, 1.807) is 22.7 Å². The highest BCUT2D eigenvalue weighted by atomic mass is 19.1. The maximum atomic E-state index is 13.0. The molecule has 0 bridgehead atoms. The van der Waals surface area contributed by atoms with E-state index in [0.29, 0.717) is 22.9 Å². The summed E-state index contributed by atoms with van der Waals surface area (Å²) in [7, 11) is 0. The molecule has 0 aliphatic heterocycles. The summed E-state index contributed by atoms with van der Waals surface area (Å²) < 4.78 is 20.0. The van der Waals surface area contributed by atoms with E-state index in [2.05, 4.69) is 4.98 Å². The van der Waals surface area contributed by atoms with Crippen LogP contribution in [-0.2, 0) is 0 Å². The first-order valence-electron chi connectivity index (χ1n) is 5.89. The lowest BCUT2D eigenvalue weighted by atomic mass is 10.1. The standard InChI is InChI=1S/C14H11FN4O/c15-10-3-1-9(2-4-10)12-13(11(17)5-6-16)19-7-8-20-14(19)18-12/h1-8,16H,17H2/b11-5-,16-6?. The van der Waals surface area contributed by atoms with Crippen molar-refractivity contribution in [2.45, 2.75) is 0 Å². The number of aromatic nitrogens is 2. The Hall–Kier alpha value is -2.89. The number of oxazole rings is 1. The van der Waals surface area contributed by atoms with E-state index >= 15 is 0 Å². The van der Waals surface area contributed by atoms with Crippen LogP contribution in [0.5, 0.6) is 0 Å².